The van der Waals surface area contributed by atoms with Crippen LogP contribution in [0.25, 0.3) is 10.9 Å². The number of carbonyl (C=O) groups is 1. The molecule has 6 rings (SSSR count). The van der Waals surface area contributed by atoms with Gasteiger partial charge in [-0.15, -0.1) is 0 Å². The average molecular weight is 588 g/mol. The fraction of sp³-hybridized carbons (Fsp3) is 0.625. The van der Waals surface area contributed by atoms with Gasteiger partial charge in [0.25, 0.3) is 0 Å². The zero-order valence-corrected chi connectivity index (χ0v) is 21.4. The van der Waals surface area contributed by atoms with E-state index in [2.05, 4.69) is 30.8 Å². The van der Waals surface area contributed by atoms with Crippen molar-refractivity contribution < 1.29 is 32.2 Å². The van der Waals surface area contributed by atoms with Crippen LogP contribution >= 0.6 is 15.9 Å². The molecule has 0 spiro atoms. The first-order valence-corrected chi connectivity index (χ1v) is 13.2. The number of anilines is 1. The van der Waals surface area contributed by atoms with E-state index in [1.54, 1.807) is 0 Å². The van der Waals surface area contributed by atoms with Gasteiger partial charge < -0.3 is 14.7 Å². The number of alkyl halides is 4. The normalized spacial score (nSPS) is 29.8. The van der Waals surface area contributed by atoms with E-state index in [9.17, 15) is 27.5 Å². The summed E-state index contributed by atoms with van der Waals surface area (Å²) in [5.41, 5.74) is -0.986. The standard InChI is InChI=1S/C24H26BrF4N5O3/c25-18-7-19-16(6-17(18)24(27,28)29)20(32-10-14-2-3-15(11-32)34(14)22(35)36)31-21(30-19)37-12-23-4-1-5-33(23)9-13(26)8-23/h6-7,13-15H,1-5,8-12H2,(H,35,36)/t13-,14-,15+,23+/m1/s1. The maximum Gasteiger partial charge on any atom is 0.417 e. The number of hydrogen-bond donors (Lipinski definition) is 1. The van der Waals surface area contributed by atoms with E-state index in [1.807, 2.05) is 4.90 Å². The van der Waals surface area contributed by atoms with Crippen molar-refractivity contribution in [3.63, 3.8) is 0 Å². The Bertz CT molecular complexity index is 1240. The van der Waals surface area contributed by atoms with Gasteiger partial charge in [-0.05, 0) is 44.4 Å². The third kappa shape index (κ3) is 4.27. The Morgan fingerprint density at radius 3 is 2.59 bits per heavy atom. The topological polar surface area (TPSA) is 82.0 Å². The lowest BCUT2D eigenvalue weighted by Crippen LogP contribution is -2.55. The molecule has 0 unspecified atom stereocenters. The maximum absolute atomic E-state index is 14.2. The summed E-state index contributed by atoms with van der Waals surface area (Å²) in [6.45, 7) is 1.99. The van der Waals surface area contributed by atoms with Crippen molar-refractivity contribution in [1.82, 2.24) is 19.8 Å². The maximum atomic E-state index is 14.2. The molecule has 13 heteroatoms. The Morgan fingerprint density at radius 1 is 1.19 bits per heavy atom. The van der Waals surface area contributed by atoms with Gasteiger partial charge >= 0.3 is 18.3 Å². The number of ether oxygens (including phenoxy) is 1. The predicted octanol–water partition coefficient (Wildman–Crippen LogP) is 4.70. The minimum atomic E-state index is -4.59. The summed E-state index contributed by atoms with van der Waals surface area (Å²) in [5, 5.41) is 9.83. The van der Waals surface area contributed by atoms with Crippen LogP contribution in [0.15, 0.2) is 16.6 Å². The molecule has 1 aromatic heterocycles. The molecule has 0 aliphatic carbocycles. The van der Waals surface area contributed by atoms with E-state index in [4.69, 9.17) is 4.74 Å². The van der Waals surface area contributed by atoms with Gasteiger partial charge in [-0.25, -0.2) is 9.18 Å². The zero-order valence-electron chi connectivity index (χ0n) is 19.8. The molecule has 200 valence electrons. The van der Waals surface area contributed by atoms with Crippen LogP contribution in [0.4, 0.5) is 28.2 Å². The van der Waals surface area contributed by atoms with Gasteiger partial charge in [-0.2, -0.15) is 23.1 Å². The minimum Gasteiger partial charge on any atom is -0.465 e. The van der Waals surface area contributed by atoms with Crippen LogP contribution in [-0.4, -0.2) is 87.5 Å². The lowest BCUT2D eigenvalue weighted by atomic mass is 9.95. The molecule has 2 bridgehead atoms. The van der Waals surface area contributed by atoms with Crippen molar-refractivity contribution in [2.75, 3.05) is 37.7 Å². The summed E-state index contributed by atoms with van der Waals surface area (Å²) < 4.78 is 61.3. The van der Waals surface area contributed by atoms with Gasteiger partial charge in [0.05, 0.1) is 28.7 Å². The molecule has 2 aromatic rings. The summed E-state index contributed by atoms with van der Waals surface area (Å²) in [5.74, 6) is 0.288. The Hall–Kier alpha value is -2.41. The molecule has 4 aliphatic rings. The number of rotatable bonds is 4. The Labute approximate surface area is 218 Å². The number of benzene rings is 1. The van der Waals surface area contributed by atoms with Crippen molar-refractivity contribution in [3.05, 3.63) is 22.2 Å². The fourth-order valence-corrected chi connectivity index (χ4v) is 7.23. The SMILES string of the molecule is O=C(O)N1[C@@H]2CC[C@H]1CN(c1nc(OC[C@@]34CCCN3C[C@H](F)C4)nc3cc(Br)c(C(F)(F)F)cc13)C2. The monoisotopic (exact) mass is 587 g/mol. The number of amides is 1. The van der Waals surface area contributed by atoms with E-state index in [1.165, 1.54) is 11.0 Å². The molecule has 0 radical (unpaired) electrons. The highest BCUT2D eigenvalue weighted by atomic mass is 79.9. The molecular weight excluding hydrogens is 562 g/mol. The second kappa shape index (κ2) is 8.82. The van der Waals surface area contributed by atoms with Gasteiger partial charge in [0.1, 0.15) is 18.6 Å². The predicted molar refractivity (Wildman–Crippen MR) is 130 cm³/mol. The molecule has 1 N–H and O–H groups in total. The van der Waals surface area contributed by atoms with E-state index in [0.717, 1.165) is 25.5 Å². The van der Waals surface area contributed by atoms with E-state index in [0.29, 0.717) is 38.9 Å². The van der Waals surface area contributed by atoms with Gasteiger partial charge in [0.15, 0.2) is 0 Å². The van der Waals surface area contributed by atoms with Crippen LogP contribution in [0.3, 0.4) is 0 Å². The van der Waals surface area contributed by atoms with Crippen molar-refractivity contribution in [3.8, 4) is 6.01 Å². The smallest absolute Gasteiger partial charge is 0.417 e. The van der Waals surface area contributed by atoms with Crippen molar-refractivity contribution in [2.24, 2.45) is 0 Å². The molecule has 4 saturated heterocycles. The Morgan fingerprint density at radius 2 is 1.92 bits per heavy atom. The second-order valence-electron chi connectivity index (χ2n) is 10.5. The molecular formula is C24H26BrF4N5O3. The quantitative estimate of drug-likeness (QED) is 0.519. The first-order chi connectivity index (χ1) is 17.5. The van der Waals surface area contributed by atoms with Crippen molar-refractivity contribution in [2.45, 2.75) is 62.1 Å². The van der Waals surface area contributed by atoms with Crippen LogP contribution in [0.5, 0.6) is 6.01 Å². The number of fused-ring (bicyclic) bond motifs is 4. The highest BCUT2D eigenvalue weighted by Crippen LogP contribution is 2.42. The summed E-state index contributed by atoms with van der Waals surface area (Å²) in [7, 11) is 0. The van der Waals surface area contributed by atoms with Gasteiger partial charge in [0, 0.05) is 35.9 Å². The highest BCUT2D eigenvalue weighted by molar-refractivity contribution is 9.10. The number of halogens is 5. The number of nitrogens with zero attached hydrogens (tertiary/aromatic N) is 5. The van der Waals surface area contributed by atoms with Crippen LogP contribution in [0.2, 0.25) is 0 Å². The second-order valence-corrected chi connectivity index (χ2v) is 11.4. The van der Waals surface area contributed by atoms with Crippen molar-refractivity contribution >= 4 is 38.7 Å². The minimum absolute atomic E-state index is 0.0192. The highest BCUT2D eigenvalue weighted by Gasteiger charge is 2.49. The molecule has 4 atom stereocenters. The van der Waals surface area contributed by atoms with E-state index >= 15 is 0 Å². The van der Waals surface area contributed by atoms with E-state index in [-0.39, 0.29) is 45.9 Å². The Balaban J connectivity index is 1.38. The molecule has 37 heavy (non-hydrogen) atoms. The molecule has 0 saturated carbocycles. The van der Waals surface area contributed by atoms with Crippen LogP contribution < -0.4 is 9.64 Å². The molecule has 5 heterocycles. The number of hydrogen-bond acceptors (Lipinski definition) is 6. The number of piperazine rings is 1. The number of aromatic nitrogens is 2. The van der Waals surface area contributed by atoms with Gasteiger partial charge in [-0.1, -0.05) is 15.9 Å². The molecule has 1 amide bonds. The molecule has 4 aliphatic heterocycles. The summed E-state index contributed by atoms with van der Waals surface area (Å²) >= 11 is 3.03. The first-order valence-electron chi connectivity index (χ1n) is 12.4. The first kappa shape index (κ1) is 24.9. The van der Waals surface area contributed by atoms with Crippen LogP contribution in [-0.2, 0) is 6.18 Å². The van der Waals surface area contributed by atoms with Crippen LogP contribution in [0.1, 0.15) is 37.7 Å². The lowest BCUT2D eigenvalue weighted by molar-refractivity contribution is -0.138. The third-order valence-corrected chi connectivity index (χ3v) is 8.94. The average Bonchev–Trinajstić information content (AvgIpc) is 3.43. The van der Waals surface area contributed by atoms with E-state index < -0.39 is 29.5 Å². The lowest BCUT2D eigenvalue weighted by Gasteiger charge is -2.40. The molecule has 1 aromatic carbocycles. The van der Waals surface area contributed by atoms with Crippen molar-refractivity contribution in [1.29, 1.82) is 0 Å². The third-order valence-electron chi connectivity index (χ3n) is 8.28. The fourth-order valence-electron chi connectivity index (χ4n) is 6.67. The summed E-state index contributed by atoms with van der Waals surface area (Å²) in [4.78, 5) is 26.1. The molecule has 8 nitrogen and oxygen atoms in total. The molecule has 4 fully saturated rings. The summed E-state index contributed by atoms with van der Waals surface area (Å²) in [6, 6.07) is 1.83. The Kier molecular flexibility index (Phi) is 5.94. The van der Waals surface area contributed by atoms with Crippen LogP contribution in [0, 0.1) is 0 Å². The largest absolute Gasteiger partial charge is 0.465 e. The van der Waals surface area contributed by atoms with Gasteiger partial charge in [-0.3, -0.25) is 9.80 Å². The van der Waals surface area contributed by atoms with Gasteiger partial charge in [0.2, 0.25) is 0 Å². The number of carboxylic acid groups (broad SMARTS) is 1. The zero-order chi connectivity index (χ0) is 26.1. The summed E-state index contributed by atoms with van der Waals surface area (Å²) in [6.07, 6.45) is -3.02.